The number of amides is 1. The van der Waals surface area contributed by atoms with Gasteiger partial charge in [-0.1, -0.05) is 18.2 Å². The number of H-pyrrole nitrogens is 1. The van der Waals surface area contributed by atoms with Gasteiger partial charge in [0.05, 0.1) is 5.39 Å². The number of benzene rings is 2. The van der Waals surface area contributed by atoms with E-state index in [0.717, 1.165) is 5.56 Å². The summed E-state index contributed by atoms with van der Waals surface area (Å²) in [5.74, 6) is -0.156. The van der Waals surface area contributed by atoms with Crippen LogP contribution in [0.25, 0.3) is 10.8 Å². The van der Waals surface area contributed by atoms with Crippen molar-refractivity contribution in [3.63, 3.8) is 0 Å². The van der Waals surface area contributed by atoms with Crippen molar-refractivity contribution < 1.29 is 13.9 Å². The Labute approximate surface area is 137 Å². The highest BCUT2D eigenvalue weighted by Gasteiger charge is 2.07. The highest BCUT2D eigenvalue weighted by atomic mass is 19.1. The summed E-state index contributed by atoms with van der Waals surface area (Å²) in [4.78, 5) is 26.2. The number of carbonyl (C=O) groups excluding carboxylic acids is 1. The number of fused-ring (bicyclic) bond motifs is 1. The average molecular weight is 326 g/mol. The fourth-order valence-electron chi connectivity index (χ4n) is 2.32. The number of hydrogen-bond donors (Lipinski definition) is 2. The van der Waals surface area contributed by atoms with E-state index < -0.39 is 0 Å². The van der Waals surface area contributed by atoms with Crippen LogP contribution in [0.15, 0.2) is 59.5 Å². The van der Waals surface area contributed by atoms with Crippen LogP contribution in [0.5, 0.6) is 5.75 Å². The number of nitrogens with one attached hydrogen (secondary N) is 2. The Morgan fingerprint density at radius 1 is 1.08 bits per heavy atom. The summed E-state index contributed by atoms with van der Waals surface area (Å²) in [5.41, 5.74) is 0.583. The summed E-state index contributed by atoms with van der Waals surface area (Å²) in [6, 6.07) is 12.7. The molecule has 0 aliphatic heterocycles. The van der Waals surface area contributed by atoms with E-state index in [2.05, 4.69) is 10.3 Å². The van der Waals surface area contributed by atoms with Gasteiger partial charge in [0.1, 0.15) is 11.6 Å². The third kappa shape index (κ3) is 3.60. The first-order valence-corrected chi connectivity index (χ1v) is 7.38. The molecule has 24 heavy (non-hydrogen) atoms. The quantitative estimate of drug-likeness (QED) is 0.756. The maximum atomic E-state index is 12.8. The standard InChI is InChI=1S/C18H15FN2O3/c19-13-6-4-12(5-7-13)10-21-17(22)11-24-16-3-1-2-15-14(16)8-9-20-18(15)23/h1-9H,10-11H2,(H,20,23)(H,21,22). The molecular formula is C18H15FN2O3. The molecule has 0 fully saturated rings. The summed E-state index contributed by atoms with van der Waals surface area (Å²) >= 11 is 0. The second kappa shape index (κ2) is 6.95. The molecule has 2 aromatic carbocycles. The first-order chi connectivity index (χ1) is 11.6. The Morgan fingerprint density at radius 2 is 1.88 bits per heavy atom. The Hall–Kier alpha value is -3.15. The highest BCUT2D eigenvalue weighted by Crippen LogP contribution is 2.22. The predicted molar refractivity (Wildman–Crippen MR) is 88.3 cm³/mol. The lowest BCUT2D eigenvalue weighted by molar-refractivity contribution is -0.123. The lowest BCUT2D eigenvalue weighted by atomic mass is 10.1. The molecule has 0 unspecified atom stereocenters. The van der Waals surface area contributed by atoms with Gasteiger partial charge in [0, 0.05) is 18.1 Å². The van der Waals surface area contributed by atoms with Crippen LogP contribution in [0.4, 0.5) is 4.39 Å². The van der Waals surface area contributed by atoms with Gasteiger partial charge in [-0.05, 0) is 35.9 Å². The van der Waals surface area contributed by atoms with Gasteiger partial charge in [-0.3, -0.25) is 9.59 Å². The molecular weight excluding hydrogens is 311 g/mol. The maximum absolute atomic E-state index is 12.8. The van der Waals surface area contributed by atoms with Gasteiger partial charge in [-0.15, -0.1) is 0 Å². The van der Waals surface area contributed by atoms with E-state index in [0.29, 0.717) is 16.5 Å². The summed E-state index contributed by atoms with van der Waals surface area (Å²) in [5, 5.41) is 3.84. The Kier molecular flexibility index (Phi) is 4.56. The van der Waals surface area contributed by atoms with Gasteiger partial charge in [0.2, 0.25) is 0 Å². The second-order valence-corrected chi connectivity index (χ2v) is 5.22. The fourth-order valence-corrected chi connectivity index (χ4v) is 2.32. The SMILES string of the molecule is O=C(COc1cccc2c(=O)[nH]ccc12)NCc1ccc(F)cc1. The zero-order valence-electron chi connectivity index (χ0n) is 12.7. The number of carbonyl (C=O) groups is 1. The number of aromatic amines is 1. The summed E-state index contributed by atoms with van der Waals surface area (Å²) in [6.45, 7) is 0.116. The maximum Gasteiger partial charge on any atom is 0.258 e. The van der Waals surface area contributed by atoms with Crippen molar-refractivity contribution in [2.24, 2.45) is 0 Å². The van der Waals surface area contributed by atoms with E-state index in [1.165, 1.54) is 18.3 Å². The zero-order chi connectivity index (χ0) is 16.9. The van der Waals surface area contributed by atoms with Crippen LogP contribution in [0.3, 0.4) is 0 Å². The van der Waals surface area contributed by atoms with Gasteiger partial charge in [0.15, 0.2) is 6.61 Å². The monoisotopic (exact) mass is 326 g/mol. The van der Waals surface area contributed by atoms with Gasteiger partial charge in [0.25, 0.3) is 11.5 Å². The van der Waals surface area contributed by atoms with Crippen molar-refractivity contribution in [2.75, 3.05) is 6.61 Å². The van der Waals surface area contributed by atoms with E-state index in [4.69, 9.17) is 4.74 Å². The van der Waals surface area contributed by atoms with Gasteiger partial charge < -0.3 is 15.0 Å². The van der Waals surface area contributed by atoms with E-state index in [-0.39, 0.29) is 30.4 Å². The van der Waals surface area contributed by atoms with Crippen LogP contribution in [0, 0.1) is 5.82 Å². The molecule has 3 aromatic rings. The molecule has 5 nitrogen and oxygen atoms in total. The lowest BCUT2D eigenvalue weighted by Gasteiger charge is -2.09. The summed E-state index contributed by atoms with van der Waals surface area (Å²) in [7, 11) is 0. The molecule has 1 amide bonds. The second-order valence-electron chi connectivity index (χ2n) is 5.22. The first-order valence-electron chi connectivity index (χ1n) is 7.38. The normalized spacial score (nSPS) is 10.5. The van der Waals surface area contributed by atoms with Crippen molar-refractivity contribution in [3.8, 4) is 5.75 Å². The Morgan fingerprint density at radius 3 is 2.67 bits per heavy atom. The van der Waals surface area contributed by atoms with E-state index >= 15 is 0 Å². The molecule has 3 rings (SSSR count). The summed E-state index contributed by atoms with van der Waals surface area (Å²) < 4.78 is 18.3. The average Bonchev–Trinajstić information content (AvgIpc) is 2.60. The number of hydrogen-bond acceptors (Lipinski definition) is 3. The molecule has 0 radical (unpaired) electrons. The number of aromatic nitrogens is 1. The molecule has 2 N–H and O–H groups in total. The third-order valence-corrected chi connectivity index (χ3v) is 3.54. The van der Waals surface area contributed by atoms with Crippen LogP contribution in [0.2, 0.25) is 0 Å². The van der Waals surface area contributed by atoms with E-state index in [9.17, 15) is 14.0 Å². The number of pyridine rings is 1. The third-order valence-electron chi connectivity index (χ3n) is 3.54. The molecule has 0 atom stereocenters. The number of ether oxygens (including phenoxy) is 1. The molecule has 1 aromatic heterocycles. The molecule has 0 spiro atoms. The smallest absolute Gasteiger partial charge is 0.258 e. The Balaban J connectivity index is 1.61. The van der Waals surface area contributed by atoms with E-state index in [1.54, 1.807) is 36.4 Å². The van der Waals surface area contributed by atoms with Crippen molar-refractivity contribution >= 4 is 16.7 Å². The zero-order valence-corrected chi connectivity index (χ0v) is 12.7. The fraction of sp³-hybridized carbons (Fsp3) is 0.111. The number of halogens is 1. The van der Waals surface area contributed by atoms with Crippen molar-refractivity contribution in [1.82, 2.24) is 10.3 Å². The molecule has 1 heterocycles. The summed E-state index contributed by atoms with van der Waals surface area (Å²) in [6.07, 6.45) is 1.53. The van der Waals surface area contributed by atoms with Crippen LogP contribution in [-0.2, 0) is 11.3 Å². The van der Waals surface area contributed by atoms with Gasteiger partial charge >= 0.3 is 0 Å². The van der Waals surface area contributed by atoms with Gasteiger partial charge in [-0.25, -0.2) is 4.39 Å². The lowest BCUT2D eigenvalue weighted by Crippen LogP contribution is -2.28. The van der Waals surface area contributed by atoms with Crippen LogP contribution in [0.1, 0.15) is 5.56 Å². The molecule has 0 aliphatic rings. The number of rotatable bonds is 5. The van der Waals surface area contributed by atoms with Crippen LogP contribution < -0.4 is 15.6 Å². The van der Waals surface area contributed by atoms with Crippen LogP contribution in [-0.4, -0.2) is 17.5 Å². The van der Waals surface area contributed by atoms with Crippen molar-refractivity contribution in [1.29, 1.82) is 0 Å². The predicted octanol–water partition coefficient (Wildman–Crippen LogP) is 2.36. The van der Waals surface area contributed by atoms with Gasteiger partial charge in [-0.2, -0.15) is 0 Å². The topological polar surface area (TPSA) is 71.2 Å². The first kappa shape index (κ1) is 15.7. The Bertz CT molecular complexity index is 919. The molecule has 0 bridgehead atoms. The van der Waals surface area contributed by atoms with Crippen LogP contribution >= 0.6 is 0 Å². The van der Waals surface area contributed by atoms with Crippen molar-refractivity contribution in [3.05, 3.63) is 76.5 Å². The molecule has 0 saturated heterocycles. The largest absolute Gasteiger partial charge is 0.483 e. The molecule has 6 heteroatoms. The molecule has 0 aliphatic carbocycles. The minimum Gasteiger partial charge on any atom is -0.483 e. The van der Waals surface area contributed by atoms with E-state index in [1.807, 2.05) is 0 Å². The molecule has 0 saturated carbocycles. The van der Waals surface area contributed by atoms with Crippen molar-refractivity contribution in [2.45, 2.75) is 6.54 Å². The minimum atomic E-state index is -0.320. The minimum absolute atomic E-state index is 0.174. The highest BCUT2D eigenvalue weighted by molar-refractivity contribution is 5.87. The molecule has 122 valence electrons.